The molecule has 0 unspecified atom stereocenters. The number of nitrogens with one attached hydrogen (secondary N) is 2. The predicted molar refractivity (Wildman–Crippen MR) is 76.1 cm³/mol. The number of aliphatic hydroxyl groups excluding tert-OH is 1. The van der Waals surface area contributed by atoms with Crippen LogP contribution in [0, 0.1) is 12.3 Å². The zero-order valence-electron chi connectivity index (χ0n) is 11.8. The molecule has 2 aromatic rings. The average molecular weight is 275 g/mol. The van der Waals surface area contributed by atoms with Gasteiger partial charge in [0.1, 0.15) is 11.5 Å². The molecule has 0 amide bonds. The number of nitrogens with zero attached hydrogens (tertiary/aromatic N) is 1. The minimum absolute atomic E-state index is 0.282. The first-order valence-corrected chi connectivity index (χ1v) is 7.13. The molecule has 1 aliphatic rings. The smallest absolute Gasteiger partial charge is 0.152 e. The van der Waals surface area contributed by atoms with E-state index in [1.807, 2.05) is 25.3 Å². The summed E-state index contributed by atoms with van der Waals surface area (Å²) in [6.07, 6.45) is 5.17. The molecule has 2 aromatic heterocycles. The van der Waals surface area contributed by atoms with Gasteiger partial charge in [-0.2, -0.15) is 5.10 Å². The molecule has 5 heteroatoms. The van der Waals surface area contributed by atoms with Gasteiger partial charge in [-0.05, 0) is 43.7 Å². The van der Waals surface area contributed by atoms with E-state index in [-0.39, 0.29) is 6.61 Å². The molecule has 108 valence electrons. The fourth-order valence-electron chi connectivity index (χ4n) is 2.62. The number of rotatable bonds is 7. The van der Waals surface area contributed by atoms with Crippen LogP contribution in [0.25, 0.3) is 11.5 Å². The molecule has 3 rings (SSSR count). The van der Waals surface area contributed by atoms with Crippen LogP contribution in [0.15, 0.2) is 22.7 Å². The lowest BCUT2D eigenvalue weighted by atomic mass is 10.0. The van der Waals surface area contributed by atoms with Crippen LogP contribution in [0.4, 0.5) is 0 Å². The van der Waals surface area contributed by atoms with E-state index in [1.165, 1.54) is 12.8 Å². The third kappa shape index (κ3) is 2.78. The number of furan rings is 1. The molecular formula is C15H21N3O2. The van der Waals surface area contributed by atoms with Crippen molar-refractivity contribution in [2.45, 2.75) is 32.7 Å². The molecule has 5 nitrogen and oxygen atoms in total. The predicted octanol–water partition coefficient (Wildman–Crippen LogP) is 2.23. The van der Waals surface area contributed by atoms with Crippen molar-refractivity contribution >= 4 is 0 Å². The lowest BCUT2D eigenvalue weighted by molar-refractivity contribution is 0.245. The Morgan fingerprint density at radius 1 is 1.45 bits per heavy atom. The SMILES string of the molecule is Cc1ccc(-c2[nH]ncc2CNCC2(CCO)CC2)o1. The minimum Gasteiger partial charge on any atom is -0.460 e. The Morgan fingerprint density at radius 3 is 2.95 bits per heavy atom. The summed E-state index contributed by atoms with van der Waals surface area (Å²) in [5.74, 6) is 1.72. The Hall–Kier alpha value is -1.59. The van der Waals surface area contributed by atoms with Crippen LogP contribution in [0.5, 0.6) is 0 Å². The molecule has 20 heavy (non-hydrogen) atoms. The second kappa shape index (κ2) is 5.42. The Balaban J connectivity index is 1.60. The molecule has 0 radical (unpaired) electrons. The molecule has 0 aromatic carbocycles. The Morgan fingerprint density at radius 2 is 2.30 bits per heavy atom. The highest BCUT2D eigenvalue weighted by molar-refractivity contribution is 5.56. The molecule has 1 aliphatic carbocycles. The molecule has 1 saturated carbocycles. The van der Waals surface area contributed by atoms with E-state index in [0.717, 1.165) is 42.3 Å². The first-order chi connectivity index (χ1) is 9.72. The van der Waals surface area contributed by atoms with Crippen molar-refractivity contribution in [2.24, 2.45) is 5.41 Å². The quantitative estimate of drug-likeness (QED) is 0.724. The van der Waals surface area contributed by atoms with Crippen molar-refractivity contribution in [3.8, 4) is 11.5 Å². The van der Waals surface area contributed by atoms with Gasteiger partial charge in [0.25, 0.3) is 0 Å². The highest BCUT2D eigenvalue weighted by Gasteiger charge is 2.41. The third-order valence-corrected chi connectivity index (χ3v) is 4.12. The van der Waals surface area contributed by atoms with Crippen molar-refractivity contribution < 1.29 is 9.52 Å². The molecular weight excluding hydrogens is 254 g/mol. The standard InChI is InChI=1S/C15H21N3O2/c1-11-2-3-13(20-11)14-12(9-17-18-14)8-16-10-15(4-5-15)6-7-19/h2-3,9,16,19H,4-8,10H2,1H3,(H,17,18). The van der Waals surface area contributed by atoms with E-state index >= 15 is 0 Å². The van der Waals surface area contributed by atoms with Gasteiger partial charge in [-0.15, -0.1) is 0 Å². The molecule has 0 spiro atoms. The lowest BCUT2D eigenvalue weighted by Crippen LogP contribution is -2.24. The van der Waals surface area contributed by atoms with Crippen molar-refractivity contribution in [3.63, 3.8) is 0 Å². The maximum absolute atomic E-state index is 9.07. The van der Waals surface area contributed by atoms with Gasteiger partial charge in [0, 0.05) is 25.3 Å². The summed E-state index contributed by atoms with van der Waals surface area (Å²) in [6.45, 7) is 3.93. The number of H-pyrrole nitrogens is 1. The summed E-state index contributed by atoms with van der Waals surface area (Å²) < 4.78 is 5.63. The molecule has 0 aliphatic heterocycles. The van der Waals surface area contributed by atoms with E-state index in [2.05, 4.69) is 15.5 Å². The molecule has 2 heterocycles. The van der Waals surface area contributed by atoms with E-state index in [9.17, 15) is 0 Å². The molecule has 1 fully saturated rings. The van der Waals surface area contributed by atoms with Crippen LogP contribution >= 0.6 is 0 Å². The van der Waals surface area contributed by atoms with Crippen LogP contribution in [0.1, 0.15) is 30.6 Å². The van der Waals surface area contributed by atoms with Crippen LogP contribution in [0.2, 0.25) is 0 Å². The molecule has 3 N–H and O–H groups in total. The second-order valence-electron chi connectivity index (χ2n) is 5.76. The monoisotopic (exact) mass is 275 g/mol. The number of hydrogen-bond acceptors (Lipinski definition) is 4. The summed E-state index contributed by atoms with van der Waals surface area (Å²) in [7, 11) is 0. The third-order valence-electron chi connectivity index (χ3n) is 4.12. The van der Waals surface area contributed by atoms with Crippen LogP contribution < -0.4 is 5.32 Å². The second-order valence-corrected chi connectivity index (χ2v) is 5.76. The lowest BCUT2D eigenvalue weighted by Gasteiger charge is -2.14. The van der Waals surface area contributed by atoms with Crippen molar-refractivity contribution in [1.82, 2.24) is 15.5 Å². The van der Waals surface area contributed by atoms with Gasteiger partial charge >= 0.3 is 0 Å². The maximum atomic E-state index is 9.07. The maximum Gasteiger partial charge on any atom is 0.152 e. The largest absolute Gasteiger partial charge is 0.460 e. The minimum atomic E-state index is 0.282. The Bertz CT molecular complexity index is 569. The van der Waals surface area contributed by atoms with Gasteiger partial charge in [0.15, 0.2) is 5.76 Å². The molecule has 0 saturated heterocycles. The first-order valence-electron chi connectivity index (χ1n) is 7.13. The normalized spacial score (nSPS) is 16.5. The van der Waals surface area contributed by atoms with Crippen molar-refractivity contribution in [3.05, 3.63) is 29.7 Å². The fraction of sp³-hybridized carbons (Fsp3) is 0.533. The summed E-state index contributed by atoms with van der Waals surface area (Å²) >= 11 is 0. The number of aromatic nitrogens is 2. The summed E-state index contributed by atoms with van der Waals surface area (Å²) in [4.78, 5) is 0. The zero-order chi connectivity index (χ0) is 14.0. The number of aliphatic hydroxyl groups is 1. The Kier molecular flexibility index (Phi) is 3.63. The fourth-order valence-corrected chi connectivity index (χ4v) is 2.62. The first kappa shape index (κ1) is 13.4. The number of hydrogen-bond donors (Lipinski definition) is 3. The van der Waals surface area contributed by atoms with Gasteiger partial charge < -0.3 is 14.8 Å². The van der Waals surface area contributed by atoms with Crippen molar-refractivity contribution in [2.75, 3.05) is 13.2 Å². The van der Waals surface area contributed by atoms with Gasteiger partial charge in [-0.3, -0.25) is 5.10 Å². The Labute approximate surface area is 118 Å². The summed E-state index contributed by atoms with van der Waals surface area (Å²) in [6, 6.07) is 3.91. The van der Waals surface area contributed by atoms with E-state index in [1.54, 1.807) is 0 Å². The highest BCUT2D eigenvalue weighted by Crippen LogP contribution is 2.47. The van der Waals surface area contributed by atoms with Gasteiger partial charge in [-0.1, -0.05) is 0 Å². The van der Waals surface area contributed by atoms with Gasteiger partial charge in [-0.25, -0.2) is 0 Å². The van der Waals surface area contributed by atoms with Gasteiger partial charge in [0.05, 0.1) is 6.20 Å². The average Bonchev–Trinajstić information content (AvgIpc) is 2.85. The molecule has 0 atom stereocenters. The summed E-state index contributed by atoms with van der Waals surface area (Å²) in [5, 5.41) is 19.7. The van der Waals surface area contributed by atoms with Crippen molar-refractivity contribution in [1.29, 1.82) is 0 Å². The zero-order valence-corrected chi connectivity index (χ0v) is 11.8. The molecule has 0 bridgehead atoms. The van der Waals surface area contributed by atoms with Crippen LogP contribution in [-0.2, 0) is 6.54 Å². The topological polar surface area (TPSA) is 74.1 Å². The summed E-state index contributed by atoms with van der Waals surface area (Å²) in [5.41, 5.74) is 2.39. The number of aromatic amines is 1. The van der Waals surface area contributed by atoms with E-state index < -0.39 is 0 Å². The number of aryl methyl sites for hydroxylation is 1. The van der Waals surface area contributed by atoms with E-state index in [4.69, 9.17) is 9.52 Å². The van der Waals surface area contributed by atoms with Crippen LogP contribution in [-0.4, -0.2) is 28.5 Å². The highest BCUT2D eigenvalue weighted by atomic mass is 16.3. The van der Waals surface area contributed by atoms with Crippen LogP contribution in [0.3, 0.4) is 0 Å². The van der Waals surface area contributed by atoms with E-state index in [0.29, 0.717) is 5.41 Å². The van der Waals surface area contributed by atoms with Gasteiger partial charge in [0.2, 0.25) is 0 Å².